The first kappa shape index (κ1) is 19.8. The molecule has 0 radical (unpaired) electrons. The number of pyridine rings is 2. The van der Waals surface area contributed by atoms with Gasteiger partial charge in [-0.15, -0.1) is 10.2 Å². The Kier molecular flexibility index (Phi) is 5.37. The van der Waals surface area contributed by atoms with Gasteiger partial charge in [0.15, 0.2) is 11.5 Å². The lowest BCUT2D eigenvalue weighted by Gasteiger charge is -2.23. The number of aromatic nitrogens is 4. The lowest BCUT2D eigenvalue weighted by molar-refractivity contribution is 0.591. The van der Waals surface area contributed by atoms with Crippen LogP contribution in [0.3, 0.4) is 0 Å². The van der Waals surface area contributed by atoms with E-state index in [0.29, 0.717) is 24.6 Å². The van der Waals surface area contributed by atoms with Crippen molar-refractivity contribution >= 4 is 27.2 Å². The van der Waals surface area contributed by atoms with Crippen LogP contribution in [0.2, 0.25) is 0 Å². The van der Waals surface area contributed by atoms with Crippen LogP contribution in [-0.2, 0) is 16.6 Å². The summed E-state index contributed by atoms with van der Waals surface area (Å²) in [5.41, 5.74) is 1.40. The van der Waals surface area contributed by atoms with Gasteiger partial charge in [0.25, 0.3) is 10.0 Å². The van der Waals surface area contributed by atoms with Gasteiger partial charge in [0.2, 0.25) is 0 Å². The first-order chi connectivity index (χ1) is 14.5. The molecule has 1 aromatic carbocycles. The van der Waals surface area contributed by atoms with Gasteiger partial charge in [-0.1, -0.05) is 24.3 Å². The van der Waals surface area contributed by atoms with Crippen molar-refractivity contribution in [3.8, 4) is 0 Å². The number of rotatable bonds is 7. The standard InChI is InChI=1S/C21H22N6O2S/c1-3-27(17-9-5-4-6-10-17)30(28,29)18-12-13-19(22-15-18)25(2)16-21-24-23-20-11-7-8-14-26(20)21/h4-15H,3,16H2,1-2H3. The lowest BCUT2D eigenvalue weighted by Crippen LogP contribution is -2.31. The van der Waals surface area contributed by atoms with Gasteiger partial charge in [-0.3, -0.25) is 8.71 Å². The molecule has 0 aliphatic rings. The summed E-state index contributed by atoms with van der Waals surface area (Å²) in [5, 5.41) is 8.38. The van der Waals surface area contributed by atoms with E-state index >= 15 is 0 Å². The summed E-state index contributed by atoms with van der Waals surface area (Å²) >= 11 is 0. The lowest BCUT2D eigenvalue weighted by atomic mass is 10.3. The fourth-order valence-electron chi connectivity index (χ4n) is 3.26. The molecular weight excluding hydrogens is 400 g/mol. The van der Waals surface area contributed by atoms with Crippen LogP contribution in [0.1, 0.15) is 12.7 Å². The Hall–Kier alpha value is -3.46. The van der Waals surface area contributed by atoms with E-state index in [0.717, 1.165) is 11.5 Å². The highest BCUT2D eigenvalue weighted by atomic mass is 32.2. The number of fused-ring (bicyclic) bond motifs is 1. The molecule has 30 heavy (non-hydrogen) atoms. The average molecular weight is 423 g/mol. The van der Waals surface area contributed by atoms with Crippen molar-refractivity contribution in [2.45, 2.75) is 18.4 Å². The molecule has 3 heterocycles. The number of anilines is 2. The smallest absolute Gasteiger partial charge is 0.265 e. The van der Waals surface area contributed by atoms with E-state index < -0.39 is 10.0 Å². The summed E-state index contributed by atoms with van der Waals surface area (Å²) < 4.78 is 29.5. The van der Waals surface area contributed by atoms with Crippen molar-refractivity contribution in [2.24, 2.45) is 0 Å². The van der Waals surface area contributed by atoms with Crippen molar-refractivity contribution < 1.29 is 8.42 Å². The van der Waals surface area contributed by atoms with E-state index in [1.54, 1.807) is 24.3 Å². The maximum absolute atomic E-state index is 13.1. The molecule has 0 N–H and O–H groups in total. The van der Waals surface area contributed by atoms with Crippen LogP contribution in [0.5, 0.6) is 0 Å². The van der Waals surface area contributed by atoms with Crippen molar-refractivity contribution in [1.29, 1.82) is 0 Å². The van der Waals surface area contributed by atoms with E-state index in [1.807, 2.05) is 65.9 Å². The van der Waals surface area contributed by atoms with Crippen LogP contribution in [-0.4, -0.2) is 41.6 Å². The van der Waals surface area contributed by atoms with Crippen molar-refractivity contribution in [1.82, 2.24) is 19.6 Å². The summed E-state index contributed by atoms with van der Waals surface area (Å²) in [6.45, 7) is 2.62. The Balaban J connectivity index is 1.56. The van der Waals surface area contributed by atoms with Crippen LogP contribution >= 0.6 is 0 Å². The Morgan fingerprint density at radius 2 is 1.73 bits per heavy atom. The number of benzene rings is 1. The zero-order valence-corrected chi connectivity index (χ0v) is 17.6. The molecule has 0 spiro atoms. The number of para-hydroxylation sites is 1. The molecule has 0 bridgehead atoms. The monoisotopic (exact) mass is 422 g/mol. The maximum Gasteiger partial charge on any atom is 0.265 e. The predicted octanol–water partition coefficient (Wildman–Crippen LogP) is 2.98. The highest BCUT2D eigenvalue weighted by molar-refractivity contribution is 7.92. The minimum Gasteiger partial charge on any atom is -0.352 e. The first-order valence-electron chi connectivity index (χ1n) is 9.54. The molecule has 4 rings (SSSR count). The fourth-order valence-corrected chi connectivity index (χ4v) is 4.68. The molecule has 0 fully saturated rings. The molecule has 0 aliphatic carbocycles. The van der Waals surface area contributed by atoms with Gasteiger partial charge in [0.1, 0.15) is 10.7 Å². The second-order valence-electron chi connectivity index (χ2n) is 6.76. The summed E-state index contributed by atoms with van der Waals surface area (Å²) in [5.74, 6) is 1.41. The van der Waals surface area contributed by atoms with Crippen LogP contribution < -0.4 is 9.21 Å². The topological polar surface area (TPSA) is 83.7 Å². The summed E-state index contributed by atoms with van der Waals surface area (Å²) in [4.78, 5) is 6.43. The second kappa shape index (κ2) is 8.11. The molecule has 0 amide bonds. The van der Waals surface area contributed by atoms with Gasteiger partial charge in [-0.05, 0) is 43.3 Å². The van der Waals surface area contributed by atoms with Crippen LogP contribution in [0.25, 0.3) is 5.65 Å². The van der Waals surface area contributed by atoms with E-state index in [2.05, 4.69) is 15.2 Å². The van der Waals surface area contributed by atoms with Gasteiger partial charge in [0.05, 0.1) is 12.2 Å². The van der Waals surface area contributed by atoms with E-state index in [1.165, 1.54) is 10.5 Å². The normalized spacial score (nSPS) is 11.5. The third-order valence-electron chi connectivity index (χ3n) is 4.79. The molecule has 9 heteroatoms. The van der Waals surface area contributed by atoms with Crippen molar-refractivity contribution in [3.63, 3.8) is 0 Å². The van der Waals surface area contributed by atoms with Crippen molar-refractivity contribution in [3.05, 3.63) is 78.9 Å². The third-order valence-corrected chi connectivity index (χ3v) is 6.68. The number of hydrogen-bond donors (Lipinski definition) is 0. The molecule has 0 atom stereocenters. The van der Waals surface area contributed by atoms with Crippen LogP contribution in [0.4, 0.5) is 11.5 Å². The quantitative estimate of drug-likeness (QED) is 0.455. The van der Waals surface area contributed by atoms with Crippen LogP contribution in [0, 0.1) is 0 Å². The van der Waals surface area contributed by atoms with Crippen LogP contribution in [0.15, 0.2) is 78.0 Å². The van der Waals surface area contributed by atoms with E-state index in [9.17, 15) is 8.42 Å². The molecular formula is C21H22N6O2S. The third kappa shape index (κ3) is 3.71. The highest BCUT2D eigenvalue weighted by Crippen LogP contribution is 2.24. The molecule has 8 nitrogen and oxygen atoms in total. The highest BCUT2D eigenvalue weighted by Gasteiger charge is 2.24. The summed E-state index contributed by atoms with van der Waals surface area (Å²) in [7, 11) is -1.82. The van der Waals surface area contributed by atoms with Gasteiger partial charge >= 0.3 is 0 Å². The molecule has 0 aliphatic heterocycles. The largest absolute Gasteiger partial charge is 0.352 e. The Morgan fingerprint density at radius 3 is 2.43 bits per heavy atom. The zero-order valence-electron chi connectivity index (χ0n) is 16.8. The molecule has 4 aromatic rings. The zero-order chi connectivity index (χ0) is 21.1. The minimum atomic E-state index is -3.70. The van der Waals surface area contributed by atoms with Gasteiger partial charge in [0, 0.05) is 26.0 Å². The molecule has 0 unspecified atom stereocenters. The number of sulfonamides is 1. The van der Waals surface area contributed by atoms with Gasteiger partial charge in [-0.25, -0.2) is 13.4 Å². The van der Waals surface area contributed by atoms with Gasteiger partial charge < -0.3 is 4.90 Å². The fraction of sp³-hybridized carbons (Fsp3) is 0.190. The second-order valence-corrected chi connectivity index (χ2v) is 8.62. The van der Waals surface area contributed by atoms with E-state index in [4.69, 9.17) is 0 Å². The maximum atomic E-state index is 13.1. The molecule has 0 saturated heterocycles. The molecule has 154 valence electrons. The van der Waals surface area contributed by atoms with E-state index in [-0.39, 0.29) is 4.90 Å². The summed E-state index contributed by atoms with van der Waals surface area (Å²) in [6.07, 6.45) is 3.30. The average Bonchev–Trinajstić information content (AvgIpc) is 3.18. The molecule has 0 saturated carbocycles. The van der Waals surface area contributed by atoms with Gasteiger partial charge in [-0.2, -0.15) is 0 Å². The molecule has 3 aromatic heterocycles. The summed E-state index contributed by atoms with van der Waals surface area (Å²) in [6, 6.07) is 18.1. The Labute approximate surface area is 175 Å². The predicted molar refractivity (Wildman–Crippen MR) is 116 cm³/mol. The van der Waals surface area contributed by atoms with Crippen molar-refractivity contribution in [2.75, 3.05) is 22.8 Å². The first-order valence-corrected chi connectivity index (χ1v) is 11.0. The Bertz CT molecular complexity index is 1240. The minimum absolute atomic E-state index is 0.151. The SMILES string of the molecule is CCN(c1ccccc1)S(=O)(=O)c1ccc(N(C)Cc2nnc3ccccn23)nc1. The number of nitrogens with zero attached hydrogens (tertiary/aromatic N) is 6. The Morgan fingerprint density at radius 1 is 0.967 bits per heavy atom. The number of hydrogen-bond acceptors (Lipinski definition) is 6.